The molecule has 0 aliphatic rings. The molecule has 144 valence electrons. The minimum atomic E-state index is -1.01. The number of carbonyl (C=O) groups is 1. The molecule has 28 heavy (non-hydrogen) atoms. The molecule has 0 saturated heterocycles. The zero-order chi connectivity index (χ0) is 21.0. The van der Waals surface area contributed by atoms with Crippen LogP contribution in [0.4, 0.5) is 22.7 Å². The predicted molar refractivity (Wildman–Crippen MR) is 98.2 cm³/mol. The van der Waals surface area contributed by atoms with Crippen LogP contribution < -0.4 is 10.6 Å². The Morgan fingerprint density at radius 2 is 1.43 bits per heavy atom. The smallest absolute Gasteiger partial charge is 0.277 e. The molecule has 0 aromatic heterocycles. The lowest BCUT2D eigenvalue weighted by Gasteiger charge is -2.10. The van der Waals surface area contributed by atoms with E-state index in [0.29, 0.717) is 6.07 Å². The second-order valence-corrected chi connectivity index (χ2v) is 5.53. The number of nitrogens with one attached hydrogen (secondary N) is 2. The van der Waals surface area contributed by atoms with Gasteiger partial charge in [0.2, 0.25) is 0 Å². The third-order valence-electron chi connectivity index (χ3n) is 3.25. The molecular weight excluding hydrogens is 398 g/mol. The third kappa shape index (κ3) is 4.70. The zero-order valence-corrected chi connectivity index (χ0v) is 14.3. The number of anilines is 1. The molecule has 2 rings (SSSR count). The minimum absolute atomic E-state index is 0.176. The van der Waals surface area contributed by atoms with Crippen LogP contribution >= 0.6 is 12.2 Å². The highest BCUT2D eigenvalue weighted by molar-refractivity contribution is 7.80. The Morgan fingerprint density at radius 1 is 0.893 bits per heavy atom. The van der Waals surface area contributed by atoms with Crippen LogP contribution in [0.2, 0.25) is 0 Å². The number of hydrogen-bond acceptors (Lipinski definition) is 9. The van der Waals surface area contributed by atoms with Gasteiger partial charge in [-0.3, -0.25) is 40.5 Å². The average molecular weight is 407 g/mol. The van der Waals surface area contributed by atoms with Gasteiger partial charge in [-0.25, -0.2) is 0 Å². The van der Waals surface area contributed by atoms with Crippen molar-refractivity contribution < 1.29 is 24.7 Å². The average Bonchev–Trinajstić information content (AvgIpc) is 2.62. The van der Waals surface area contributed by atoms with Crippen LogP contribution in [0.5, 0.6) is 5.75 Å². The van der Waals surface area contributed by atoms with E-state index in [2.05, 4.69) is 10.6 Å². The number of hydrogen-bond donors (Lipinski definition) is 3. The van der Waals surface area contributed by atoms with E-state index in [-0.39, 0.29) is 11.4 Å². The van der Waals surface area contributed by atoms with Crippen molar-refractivity contribution in [2.75, 3.05) is 5.32 Å². The normalized spacial score (nSPS) is 10.0. The molecule has 2 aromatic rings. The molecule has 0 spiro atoms. The first-order valence-corrected chi connectivity index (χ1v) is 7.53. The maximum absolute atomic E-state index is 12.2. The van der Waals surface area contributed by atoms with E-state index >= 15 is 0 Å². The summed E-state index contributed by atoms with van der Waals surface area (Å²) in [5.41, 5.74) is -2.29. The van der Waals surface area contributed by atoms with Crippen LogP contribution in [0.3, 0.4) is 0 Å². The summed E-state index contributed by atoms with van der Waals surface area (Å²) in [5.74, 6) is -1.40. The molecule has 14 heteroatoms. The van der Waals surface area contributed by atoms with Crippen molar-refractivity contribution >= 4 is 46.0 Å². The van der Waals surface area contributed by atoms with E-state index in [1.54, 1.807) is 0 Å². The van der Waals surface area contributed by atoms with E-state index in [0.717, 1.165) is 30.3 Å². The maximum atomic E-state index is 12.2. The Morgan fingerprint density at radius 3 is 1.93 bits per heavy atom. The molecule has 3 N–H and O–H groups in total. The molecule has 0 aliphatic heterocycles. The van der Waals surface area contributed by atoms with Gasteiger partial charge in [0.15, 0.2) is 5.11 Å². The van der Waals surface area contributed by atoms with Crippen molar-refractivity contribution in [1.29, 1.82) is 0 Å². The fraction of sp³-hybridized carbons (Fsp3) is 0. The third-order valence-corrected chi connectivity index (χ3v) is 3.46. The highest BCUT2D eigenvalue weighted by Crippen LogP contribution is 2.28. The molecule has 2 aromatic carbocycles. The standard InChI is InChI=1S/C14H9N5O8S/c20-12-2-1-8(17(22)23)6-11(12)15-14(28)16-13(21)7-3-9(18(24)25)5-10(4-7)19(26)27/h1-6,20H,(H2,15,16,21,28). The second kappa shape index (κ2) is 8.00. The molecule has 0 atom stereocenters. The monoisotopic (exact) mass is 407 g/mol. The van der Waals surface area contributed by atoms with Crippen LogP contribution in [0.1, 0.15) is 10.4 Å². The maximum Gasteiger partial charge on any atom is 0.277 e. The van der Waals surface area contributed by atoms with Gasteiger partial charge in [-0.15, -0.1) is 0 Å². The Balaban J connectivity index is 2.22. The molecule has 0 saturated carbocycles. The number of thiocarbonyl (C=S) groups is 1. The van der Waals surface area contributed by atoms with Crippen LogP contribution in [-0.2, 0) is 0 Å². The number of carbonyl (C=O) groups excluding carboxylic acids is 1. The number of nitrogens with zero attached hydrogens (tertiary/aromatic N) is 3. The first kappa shape index (κ1) is 20.1. The summed E-state index contributed by atoms with van der Waals surface area (Å²) in [4.78, 5) is 42.2. The van der Waals surface area contributed by atoms with Gasteiger partial charge in [-0.1, -0.05) is 0 Å². The number of phenolic OH excluding ortho intramolecular Hbond substituents is 1. The number of amides is 1. The summed E-state index contributed by atoms with van der Waals surface area (Å²) in [6, 6.07) is 5.37. The number of benzene rings is 2. The van der Waals surface area contributed by atoms with E-state index in [1.165, 1.54) is 0 Å². The van der Waals surface area contributed by atoms with Crippen molar-refractivity contribution in [3.8, 4) is 5.75 Å². The van der Waals surface area contributed by atoms with Gasteiger partial charge in [-0.05, 0) is 18.3 Å². The minimum Gasteiger partial charge on any atom is -0.506 e. The summed E-state index contributed by atoms with van der Waals surface area (Å²) < 4.78 is 0. The topological polar surface area (TPSA) is 191 Å². The van der Waals surface area contributed by atoms with E-state index < -0.39 is 48.5 Å². The highest BCUT2D eigenvalue weighted by Gasteiger charge is 2.21. The number of nitro groups is 3. The van der Waals surface area contributed by atoms with E-state index in [9.17, 15) is 40.2 Å². The van der Waals surface area contributed by atoms with Crippen molar-refractivity contribution in [3.05, 3.63) is 72.3 Å². The van der Waals surface area contributed by atoms with Gasteiger partial charge in [0, 0.05) is 24.3 Å². The van der Waals surface area contributed by atoms with Crippen molar-refractivity contribution in [3.63, 3.8) is 0 Å². The quantitative estimate of drug-likeness (QED) is 0.286. The van der Waals surface area contributed by atoms with Crippen LogP contribution in [0.25, 0.3) is 0 Å². The van der Waals surface area contributed by atoms with Crippen molar-refractivity contribution in [1.82, 2.24) is 5.32 Å². The fourth-order valence-corrected chi connectivity index (χ4v) is 2.21. The lowest BCUT2D eigenvalue weighted by Crippen LogP contribution is -2.34. The molecular formula is C14H9N5O8S. The molecule has 0 heterocycles. The number of non-ortho nitro benzene ring substituents is 3. The Kier molecular flexibility index (Phi) is 5.75. The lowest BCUT2D eigenvalue weighted by molar-refractivity contribution is -0.394. The first-order chi connectivity index (χ1) is 13.1. The molecule has 0 aliphatic carbocycles. The fourth-order valence-electron chi connectivity index (χ4n) is 2.00. The van der Waals surface area contributed by atoms with Gasteiger partial charge >= 0.3 is 0 Å². The number of rotatable bonds is 5. The molecule has 0 bridgehead atoms. The Labute approximate surface area is 160 Å². The molecule has 1 amide bonds. The largest absolute Gasteiger partial charge is 0.506 e. The van der Waals surface area contributed by atoms with Gasteiger partial charge in [-0.2, -0.15) is 0 Å². The number of aromatic hydroxyl groups is 1. The number of phenols is 1. The molecule has 13 nitrogen and oxygen atoms in total. The molecule has 0 unspecified atom stereocenters. The summed E-state index contributed by atoms with van der Waals surface area (Å²) in [7, 11) is 0. The summed E-state index contributed by atoms with van der Waals surface area (Å²) in [6.07, 6.45) is 0. The predicted octanol–water partition coefficient (Wildman–Crippen LogP) is 2.24. The highest BCUT2D eigenvalue weighted by atomic mass is 32.1. The van der Waals surface area contributed by atoms with Gasteiger partial charge in [0.25, 0.3) is 23.0 Å². The van der Waals surface area contributed by atoms with Crippen LogP contribution in [0.15, 0.2) is 36.4 Å². The lowest BCUT2D eigenvalue weighted by atomic mass is 10.1. The van der Waals surface area contributed by atoms with Crippen LogP contribution in [-0.4, -0.2) is 30.9 Å². The number of nitro benzene ring substituents is 3. The summed E-state index contributed by atoms with van der Waals surface area (Å²) in [5, 5.41) is 46.3. The first-order valence-electron chi connectivity index (χ1n) is 7.12. The van der Waals surface area contributed by atoms with E-state index in [4.69, 9.17) is 12.2 Å². The molecule has 0 radical (unpaired) electrons. The van der Waals surface area contributed by atoms with Gasteiger partial charge in [0.05, 0.1) is 32.1 Å². The zero-order valence-electron chi connectivity index (χ0n) is 13.5. The van der Waals surface area contributed by atoms with Crippen LogP contribution in [0, 0.1) is 30.3 Å². The Hall–Kier alpha value is -4.20. The summed E-state index contributed by atoms with van der Waals surface area (Å²) in [6.45, 7) is 0. The van der Waals surface area contributed by atoms with Gasteiger partial charge < -0.3 is 10.4 Å². The van der Waals surface area contributed by atoms with Crippen molar-refractivity contribution in [2.24, 2.45) is 0 Å². The van der Waals surface area contributed by atoms with Gasteiger partial charge in [0.1, 0.15) is 5.75 Å². The SMILES string of the molecule is O=C(NC(=S)Nc1cc([N+](=O)[O-])ccc1O)c1cc([N+](=O)[O-])cc([N+](=O)[O-])c1. The second-order valence-electron chi connectivity index (χ2n) is 5.12. The van der Waals surface area contributed by atoms with E-state index in [1.807, 2.05) is 0 Å². The Bertz CT molecular complexity index is 993. The summed E-state index contributed by atoms with van der Waals surface area (Å²) >= 11 is 4.86. The molecule has 0 fully saturated rings. The van der Waals surface area contributed by atoms with Crippen molar-refractivity contribution in [2.45, 2.75) is 0 Å².